The highest BCUT2D eigenvalue weighted by atomic mass is 16.3. The Bertz CT molecular complexity index is 1000. The fourth-order valence-electron chi connectivity index (χ4n) is 5.13. The summed E-state index contributed by atoms with van der Waals surface area (Å²) >= 11 is 0. The first-order valence-corrected chi connectivity index (χ1v) is 10.0. The molecule has 5 rings (SSSR count). The second-order valence-corrected chi connectivity index (χ2v) is 8.09. The predicted octanol–water partition coefficient (Wildman–Crippen LogP) is 4.98. The molecule has 0 spiro atoms. The zero-order chi connectivity index (χ0) is 18.4. The van der Waals surface area contributed by atoms with Gasteiger partial charge in [-0.25, -0.2) is 0 Å². The van der Waals surface area contributed by atoms with Crippen LogP contribution in [-0.2, 0) is 6.42 Å². The molecule has 3 heteroatoms. The van der Waals surface area contributed by atoms with Crippen molar-refractivity contribution in [1.82, 2.24) is 10.3 Å². The monoisotopic (exact) mass is 358 g/mol. The van der Waals surface area contributed by atoms with Gasteiger partial charge in [0.2, 0.25) is 0 Å². The summed E-state index contributed by atoms with van der Waals surface area (Å²) in [5.74, 6) is 1.40. The van der Waals surface area contributed by atoms with Crippen LogP contribution in [0.3, 0.4) is 0 Å². The van der Waals surface area contributed by atoms with Crippen molar-refractivity contribution in [3.05, 3.63) is 71.4 Å². The van der Waals surface area contributed by atoms with E-state index in [0.29, 0.717) is 23.6 Å². The summed E-state index contributed by atoms with van der Waals surface area (Å²) in [6.07, 6.45) is 5.78. The van der Waals surface area contributed by atoms with Crippen molar-refractivity contribution in [2.24, 2.45) is 5.92 Å². The van der Waals surface area contributed by atoms with Gasteiger partial charge >= 0.3 is 0 Å². The van der Waals surface area contributed by atoms with Gasteiger partial charge in [0.1, 0.15) is 5.75 Å². The average molecular weight is 358 g/mol. The van der Waals surface area contributed by atoms with Gasteiger partial charge in [0, 0.05) is 28.7 Å². The van der Waals surface area contributed by atoms with Crippen LogP contribution in [0, 0.1) is 5.92 Å². The molecule has 2 aliphatic rings. The molecular weight excluding hydrogens is 332 g/mol. The number of hydrogen-bond donors (Lipinski definition) is 3. The molecule has 27 heavy (non-hydrogen) atoms. The number of benzene rings is 2. The molecule has 2 aromatic carbocycles. The van der Waals surface area contributed by atoms with Crippen LogP contribution in [0.1, 0.15) is 42.5 Å². The Kier molecular flexibility index (Phi) is 4.05. The van der Waals surface area contributed by atoms with Crippen molar-refractivity contribution < 1.29 is 5.11 Å². The number of nitrogens with one attached hydrogen (secondary N) is 2. The summed E-state index contributed by atoms with van der Waals surface area (Å²) in [7, 11) is 0. The Morgan fingerprint density at radius 2 is 1.93 bits per heavy atom. The Labute approximate surface area is 160 Å². The van der Waals surface area contributed by atoms with Crippen LogP contribution in [0.4, 0.5) is 0 Å². The van der Waals surface area contributed by atoms with E-state index in [-0.39, 0.29) is 0 Å². The maximum atomic E-state index is 9.84. The van der Waals surface area contributed by atoms with Crippen molar-refractivity contribution in [2.45, 2.75) is 38.1 Å². The van der Waals surface area contributed by atoms with Gasteiger partial charge in [-0.05, 0) is 66.5 Å². The summed E-state index contributed by atoms with van der Waals surface area (Å²) in [5.41, 5.74) is 6.65. The molecule has 0 bridgehead atoms. The van der Waals surface area contributed by atoms with E-state index in [0.717, 1.165) is 24.9 Å². The molecule has 3 aromatic rings. The molecule has 3 unspecified atom stereocenters. The zero-order valence-electron chi connectivity index (χ0n) is 15.7. The molecule has 0 radical (unpaired) electrons. The van der Waals surface area contributed by atoms with Gasteiger partial charge in [-0.3, -0.25) is 0 Å². The normalized spacial score (nSPS) is 25.2. The molecule has 138 valence electrons. The van der Waals surface area contributed by atoms with Gasteiger partial charge in [0.15, 0.2) is 0 Å². The minimum Gasteiger partial charge on any atom is -0.508 e. The number of rotatable bonds is 2. The third kappa shape index (κ3) is 2.87. The number of H-pyrrole nitrogens is 1. The van der Waals surface area contributed by atoms with Crippen molar-refractivity contribution in [2.75, 3.05) is 6.54 Å². The molecule has 2 heterocycles. The third-order valence-corrected chi connectivity index (χ3v) is 6.32. The van der Waals surface area contributed by atoms with Crippen LogP contribution in [-0.4, -0.2) is 22.7 Å². The number of fused-ring (bicyclic) bond motifs is 3. The number of hydrogen-bond acceptors (Lipinski definition) is 2. The highest BCUT2D eigenvalue weighted by Gasteiger charge is 2.34. The quantitative estimate of drug-likeness (QED) is 0.605. The van der Waals surface area contributed by atoms with Crippen LogP contribution >= 0.6 is 0 Å². The fraction of sp³-hybridized carbons (Fsp3) is 0.333. The second-order valence-electron chi connectivity index (χ2n) is 8.09. The Morgan fingerprint density at radius 3 is 2.78 bits per heavy atom. The van der Waals surface area contributed by atoms with E-state index in [4.69, 9.17) is 0 Å². The highest BCUT2D eigenvalue weighted by molar-refractivity contribution is 5.86. The van der Waals surface area contributed by atoms with Gasteiger partial charge in [0.05, 0.1) is 0 Å². The van der Waals surface area contributed by atoms with E-state index in [9.17, 15) is 5.11 Å². The van der Waals surface area contributed by atoms with Crippen molar-refractivity contribution in [3.8, 4) is 5.75 Å². The molecule has 0 amide bonds. The van der Waals surface area contributed by atoms with E-state index in [1.54, 1.807) is 6.07 Å². The van der Waals surface area contributed by atoms with Crippen molar-refractivity contribution in [1.29, 1.82) is 0 Å². The molecule has 3 atom stereocenters. The fourth-order valence-corrected chi connectivity index (χ4v) is 5.13. The van der Waals surface area contributed by atoms with Crippen molar-refractivity contribution >= 4 is 16.5 Å². The lowest BCUT2D eigenvalue weighted by Crippen LogP contribution is -2.42. The number of aromatic nitrogens is 1. The summed E-state index contributed by atoms with van der Waals surface area (Å²) in [6.45, 7) is 3.38. The van der Waals surface area contributed by atoms with Crippen molar-refractivity contribution in [3.63, 3.8) is 0 Å². The number of phenols is 1. The topological polar surface area (TPSA) is 48.0 Å². The average Bonchev–Trinajstić information content (AvgIpc) is 3.07. The van der Waals surface area contributed by atoms with Gasteiger partial charge < -0.3 is 15.4 Å². The largest absolute Gasteiger partial charge is 0.508 e. The van der Waals surface area contributed by atoms with Gasteiger partial charge in [-0.2, -0.15) is 0 Å². The summed E-state index contributed by atoms with van der Waals surface area (Å²) < 4.78 is 0. The molecule has 0 fully saturated rings. The molecule has 1 aromatic heterocycles. The minimum atomic E-state index is 0.327. The Morgan fingerprint density at radius 1 is 1.07 bits per heavy atom. The maximum absolute atomic E-state index is 9.84. The lowest BCUT2D eigenvalue weighted by Gasteiger charge is -2.37. The highest BCUT2D eigenvalue weighted by Crippen LogP contribution is 2.42. The molecule has 1 aliphatic carbocycles. The predicted molar refractivity (Wildman–Crippen MR) is 111 cm³/mol. The first-order chi connectivity index (χ1) is 13.2. The minimum absolute atomic E-state index is 0.327. The standard InChI is InChI=1S/C24H26N2O/c1-15-12-17(13-21-20-10-9-18(27)14-22(20)26-23(15)21)24-19(8-5-11-25-24)16-6-3-2-4-7-16/h2-4,6-10,14-15,17,24-27H,5,11-13H2,1H3. The second kappa shape index (κ2) is 6.58. The van der Waals surface area contributed by atoms with Crippen LogP contribution in [0.25, 0.3) is 16.5 Å². The Hall–Kier alpha value is -2.52. The summed E-state index contributed by atoms with van der Waals surface area (Å²) in [6, 6.07) is 16.9. The van der Waals surface area contributed by atoms with Crippen LogP contribution in [0.2, 0.25) is 0 Å². The number of aromatic amines is 1. The van der Waals surface area contributed by atoms with Crippen LogP contribution in [0.15, 0.2) is 54.6 Å². The van der Waals surface area contributed by atoms with Gasteiger partial charge in [-0.15, -0.1) is 0 Å². The Balaban J connectivity index is 1.52. The summed E-state index contributed by atoms with van der Waals surface area (Å²) in [5, 5.41) is 14.9. The molecular formula is C24H26N2O. The smallest absolute Gasteiger partial charge is 0.117 e. The molecule has 3 nitrogen and oxygen atoms in total. The number of aromatic hydroxyl groups is 1. The first-order valence-electron chi connectivity index (χ1n) is 10.0. The van der Waals surface area contributed by atoms with Crippen LogP contribution in [0.5, 0.6) is 5.75 Å². The third-order valence-electron chi connectivity index (χ3n) is 6.32. The lowest BCUT2D eigenvalue weighted by atomic mass is 9.73. The van der Waals surface area contributed by atoms with E-state index >= 15 is 0 Å². The molecule has 3 N–H and O–H groups in total. The molecule has 0 saturated heterocycles. The lowest BCUT2D eigenvalue weighted by molar-refractivity contribution is 0.342. The van der Waals surface area contributed by atoms with E-state index in [1.807, 2.05) is 6.07 Å². The van der Waals surface area contributed by atoms with Gasteiger partial charge in [0.25, 0.3) is 0 Å². The SMILES string of the molecule is CC1CC(C2NCCC=C2c2ccccc2)Cc2c1[nH]c1cc(O)ccc21. The molecule has 0 saturated carbocycles. The number of phenolic OH excluding ortho intramolecular Hbond substituents is 1. The van der Waals surface area contributed by atoms with E-state index in [1.165, 1.54) is 34.2 Å². The zero-order valence-corrected chi connectivity index (χ0v) is 15.7. The van der Waals surface area contributed by atoms with Gasteiger partial charge in [-0.1, -0.05) is 43.3 Å². The first kappa shape index (κ1) is 16.6. The van der Waals surface area contributed by atoms with Crippen LogP contribution < -0.4 is 5.32 Å². The summed E-state index contributed by atoms with van der Waals surface area (Å²) in [4.78, 5) is 3.58. The maximum Gasteiger partial charge on any atom is 0.117 e. The van der Waals surface area contributed by atoms with E-state index in [2.05, 4.69) is 59.7 Å². The molecule has 1 aliphatic heterocycles. The van der Waals surface area contributed by atoms with E-state index < -0.39 is 0 Å².